The molecule has 0 aliphatic rings. The maximum absolute atomic E-state index is 4.44. The Labute approximate surface area is 86.7 Å². The molecule has 0 spiro atoms. The van der Waals surface area contributed by atoms with Gasteiger partial charge in [-0.25, -0.2) is 14.6 Å². The molecule has 0 aliphatic heterocycles. The predicted molar refractivity (Wildman–Crippen MR) is 57.5 cm³/mol. The van der Waals surface area contributed by atoms with E-state index in [1.165, 1.54) is 0 Å². The third-order valence-electron chi connectivity index (χ3n) is 2.15. The molecule has 0 aromatic carbocycles. The largest absolute Gasteiger partial charge is 0.247 e. The van der Waals surface area contributed by atoms with Gasteiger partial charge in [-0.3, -0.25) is 0 Å². The molecular weight excluding hydrogens is 196 g/mol. The highest BCUT2D eigenvalue weighted by Gasteiger charge is 2.08. The van der Waals surface area contributed by atoms with Crippen LogP contribution in [0.2, 0.25) is 0 Å². The molecule has 0 N–H and O–H groups in total. The number of aryl methyl sites for hydroxylation is 2. The van der Waals surface area contributed by atoms with E-state index in [4.69, 9.17) is 0 Å². The Kier molecular flexibility index (Phi) is 2.41. The molecule has 2 heterocycles. The summed E-state index contributed by atoms with van der Waals surface area (Å²) >= 11 is 1.56. The third kappa shape index (κ3) is 1.37. The van der Waals surface area contributed by atoms with Crippen LogP contribution >= 0.6 is 11.8 Å². The van der Waals surface area contributed by atoms with Crippen LogP contribution in [0, 0.1) is 6.92 Å². The second kappa shape index (κ2) is 3.57. The van der Waals surface area contributed by atoms with Crippen LogP contribution in [0.15, 0.2) is 11.4 Å². The van der Waals surface area contributed by atoms with Crippen molar-refractivity contribution in [2.75, 3.05) is 6.26 Å². The molecule has 14 heavy (non-hydrogen) atoms. The van der Waals surface area contributed by atoms with Crippen molar-refractivity contribution >= 4 is 22.8 Å². The Morgan fingerprint density at radius 3 is 2.86 bits per heavy atom. The molecule has 0 unspecified atom stereocenters. The number of nitrogens with zero attached hydrogens (tertiary/aromatic N) is 4. The van der Waals surface area contributed by atoms with E-state index in [9.17, 15) is 0 Å². The molecule has 2 rings (SSSR count). The highest BCUT2D eigenvalue weighted by molar-refractivity contribution is 7.98. The molecule has 0 atom stereocenters. The topological polar surface area (TPSA) is 43.6 Å². The second-order valence-electron chi connectivity index (χ2n) is 2.99. The Morgan fingerprint density at radius 2 is 2.21 bits per heavy atom. The van der Waals surface area contributed by atoms with Gasteiger partial charge < -0.3 is 0 Å². The minimum Gasteiger partial charge on any atom is -0.247 e. The van der Waals surface area contributed by atoms with Crippen LogP contribution < -0.4 is 0 Å². The van der Waals surface area contributed by atoms with Crippen LogP contribution in [0.4, 0.5) is 0 Å². The van der Waals surface area contributed by atoms with Gasteiger partial charge in [-0.15, -0.1) is 0 Å². The van der Waals surface area contributed by atoms with Crippen molar-refractivity contribution in [3.8, 4) is 0 Å². The first kappa shape index (κ1) is 9.45. The van der Waals surface area contributed by atoms with Gasteiger partial charge in [0.15, 0.2) is 10.8 Å². The highest BCUT2D eigenvalue weighted by atomic mass is 32.2. The van der Waals surface area contributed by atoms with Gasteiger partial charge in [0.05, 0.1) is 17.3 Å². The zero-order valence-electron chi connectivity index (χ0n) is 8.48. The van der Waals surface area contributed by atoms with E-state index < -0.39 is 0 Å². The van der Waals surface area contributed by atoms with E-state index in [1.807, 2.05) is 24.1 Å². The summed E-state index contributed by atoms with van der Waals surface area (Å²) in [6.07, 6.45) is 3.81. The summed E-state index contributed by atoms with van der Waals surface area (Å²) in [6.45, 7) is 4.89. The standard InChI is InChI=1S/C9H12N4S/c1-4-13-8-7(5-10-13)6(2)11-9(12-8)14-3/h5H,4H2,1-3H3. The lowest BCUT2D eigenvalue weighted by Crippen LogP contribution is -1.99. The monoisotopic (exact) mass is 208 g/mol. The summed E-state index contributed by atoms with van der Waals surface area (Å²) in [7, 11) is 0. The van der Waals surface area contributed by atoms with Gasteiger partial charge in [-0.05, 0) is 20.1 Å². The molecule has 0 saturated heterocycles. The van der Waals surface area contributed by atoms with Crippen LogP contribution in [0.1, 0.15) is 12.6 Å². The molecule has 2 aromatic heterocycles. The van der Waals surface area contributed by atoms with Gasteiger partial charge in [0.2, 0.25) is 0 Å². The molecule has 2 aromatic rings. The van der Waals surface area contributed by atoms with Crippen molar-refractivity contribution in [2.45, 2.75) is 25.5 Å². The van der Waals surface area contributed by atoms with E-state index in [1.54, 1.807) is 11.8 Å². The molecule has 4 nitrogen and oxygen atoms in total. The first-order valence-electron chi connectivity index (χ1n) is 4.50. The van der Waals surface area contributed by atoms with E-state index in [-0.39, 0.29) is 0 Å². The lowest BCUT2D eigenvalue weighted by Gasteiger charge is -2.01. The average Bonchev–Trinajstić information content (AvgIpc) is 2.61. The number of hydrogen-bond donors (Lipinski definition) is 0. The van der Waals surface area contributed by atoms with Crippen LogP contribution in [-0.4, -0.2) is 26.0 Å². The van der Waals surface area contributed by atoms with Crippen molar-refractivity contribution < 1.29 is 0 Å². The van der Waals surface area contributed by atoms with E-state index in [0.29, 0.717) is 0 Å². The lowest BCUT2D eigenvalue weighted by molar-refractivity contribution is 0.672. The Hall–Kier alpha value is -1.10. The molecule has 0 radical (unpaired) electrons. The van der Waals surface area contributed by atoms with Crippen LogP contribution in [0.3, 0.4) is 0 Å². The number of hydrogen-bond acceptors (Lipinski definition) is 4. The molecule has 0 amide bonds. The Balaban J connectivity index is 2.73. The first-order chi connectivity index (χ1) is 6.76. The summed E-state index contributed by atoms with van der Waals surface area (Å²) in [5.74, 6) is 0. The van der Waals surface area contributed by atoms with E-state index in [2.05, 4.69) is 22.0 Å². The maximum atomic E-state index is 4.44. The minimum absolute atomic E-state index is 0.810. The molecule has 0 bridgehead atoms. The van der Waals surface area contributed by atoms with Crippen LogP contribution in [0.5, 0.6) is 0 Å². The molecule has 74 valence electrons. The SMILES string of the molecule is CCn1ncc2c(C)nc(SC)nc21. The number of rotatable bonds is 2. The highest BCUT2D eigenvalue weighted by Crippen LogP contribution is 2.18. The van der Waals surface area contributed by atoms with Crippen molar-refractivity contribution in [3.05, 3.63) is 11.9 Å². The maximum Gasteiger partial charge on any atom is 0.189 e. The first-order valence-corrected chi connectivity index (χ1v) is 5.73. The number of fused-ring (bicyclic) bond motifs is 1. The Bertz CT molecular complexity index is 463. The average molecular weight is 208 g/mol. The van der Waals surface area contributed by atoms with Gasteiger partial charge in [0.25, 0.3) is 0 Å². The van der Waals surface area contributed by atoms with Crippen LogP contribution in [-0.2, 0) is 6.54 Å². The number of thioether (sulfide) groups is 1. The van der Waals surface area contributed by atoms with Gasteiger partial charge in [-0.2, -0.15) is 5.10 Å². The summed E-state index contributed by atoms with van der Waals surface area (Å²) in [5.41, 5.74) is 1.93. The fraction of sp³-hybridized carbons (Fsp3) is 0.444. The van der Waals surface area contributed by atoms with E-state index >= 15 is 0 Å². The summed E-state index contributed by atoms with van der Waals surface area (Å²) in [5, 5.41) is 6.11. The van der Waals surface area contributed by atoms with Gasteiger partial charge in [0.1, 0.15) is 0 Å². The minimum atomic E-state index is 0.810. The van der Waals surface area contributed by atoms with Gasteiger partial charge in [-0.1, -0.05) is 11.8 Å². The fourth-order valence-electron chi connectivity index (χ4n) is 1.39. The summed E-state index contributed by atoms with van der Waals surface area (Å²) < 4.78 is 1.89. The zero-order valence-corrected chi connectivity index (χ0v) is 9.30. The molecule has 0 fully saturated rings. The van der Waals surface area contributed by atoms with E-state index in [0.717, 1.165) is 28.4 Å². The quantitative estimate of drug-likeness (QED) is 0.558. The molecule has 5 heteroatoms. The van der Waals surface area contributed by atoms with Crippen LogP contribution in [0.25, 0.3) is 11.0 Å². The van der Waals surface area contributed by atoms with Gasteiger partial charge in [0, 0.05) is 6.54 Å². The molecule has 0 saturated carbocycles. The van der Waals surface area contributed by atoms with Crippen molar-refractivity contribution in [1.82, 2.24) is 19.7 Å². The Morgan fingerprint density at radius 1 is 1.43 bits per heavy atom. The second-order valence-corrected chi connectivity index (χ2v) is 3.77. The van der Waals surface area contributed by atoms with Crippen molar-refractivity contribution in [3.63, 3.8) is 0 Å². The van der Waals surface area contributed by atoms with Crippen molar-refractivity contribution in [2.24, 2.45) is 0 Å². The zero-order chi connectivity index (χ0) is 10.1. The smallest absolute Gasteiger partial charge is 0.189 e. The fourth-order valence-corrected chi connectivity index (χ4v) is 1.80. The van der Waals surface area contributed by atoms with Crippen molar-refractivity contribution in [1.29, 1.82) is 0 Å². The third-order valence-corrected chi connectivity index (χ3v) is 2.70. The molecular formula is C9H12N4S. The summed E-state index contributed by atoms with van der Waals surface area (Å²) in [4.78, 5) is 8.80. The van der Waals surface area contributed by atoms with Gasteiger partial charge >= 0.3 is 0 Å². The lowest BCUT2D eigenvalue weighted by atomic mass is 10.3. The predicted octanol–water partition coefficient (Wildman–Crippen LogP) is 1.88. The normalized spacial score (nSPS) is 11.1. The molecule has 0 aliphatic carbocycles. The number of aromatic nitrogens is 4. The summed E-state index contributed by atoms with van der Waals surface area (Å²) in [6, 6.07) is 0.